The second-order valence-electron chi connectivity index (χ2n) is 6.69. The van der Waals surface area contributed by atoms with Crippen LogP contribution in [0, 0.1) is 5.92 Å². The highest BCUT2D eigenvalue weighted by Gasteiger charge is 2.39. The Balaban J connectivity index is 1.70. The Morgan fingerprint density at radius 1 is 1.25 bits per heavy atom. The minimum Gasteiger partial charge on any atom is -0.497 e. The highest BCUT2D eigenvalue weighted by atomic mass is 16.5. The van der Waals surface area contributed by atoms with E-state index in [2.05, 4.69) is 6.92 Å². The van der Waals surface area contributed by atoms with Crippen LogP contribution in [0.5, 0.6) is 5.75 Å². The van der Waals surface area contributed by atoms with Crippen molar-refractivity contribution in [2.24, 2.45) is 5.92 Å². The molecule has 0 aromatic heterocycles. The number of ether oxygens (including phenoxy) is 1. The molecule has 0 saturated carbocycles. The zero-order chi connectivity index (χ0) is 17.1. The number of benzene rings is 1. The van der Waals surface area contributed by atoms with E-state index in [1.807, 2.05) is 29.2 Å². The first-order valence-corrected chi connectivity index (χ1v) is 8.89. The number of likely N-dealkylation sites (tertiary alicyclic amines) is 1. The summed E-state index contributed by atoms with van der Waals surface area (Å²) < 4.78 is 5.16. The standard InChI is InChI=1S/C19H26N2O3/c1-3-15-6-4-5-11-20(15)19(23)14-12-18(22)21(13-14)16-7-9-17(24-2)10-8-16/h7-10,14-15H,3-6,11-13H2,1-2H3/t14-,15+/m1/s1. The molecule has 1 aromatic rings. The molecule has 0 spiro atoms. The fourth-order valence-corrected chi connectivity index (χ4v) is 3.83. The maximum absolute atomic E-state index is 12.9. The Bertz CT molecular complexity index is 599. The summed E-state index contributed by atoms with van der Waals surface area (Å²) in [4.78, 5) is 29.1. The topological polar surface area (TPSA) is 49.9 Å². The number of hydrogen-bond acceptors (Lipinski definition) is 3. The summed E-state index contributed by atoms with van der Waals surface area (Å²) in [5.41, 5.74) is 0.835. The number of rotatable bonds is 4. The Morgan fingerprint density at radius 2 is 2.00 bits per heavy atom. The van der Waals surface area contributed by atoms with E-state index in [1.165, 1.54) is 6.42 Å². The van der Waals surface area contributed by atoms with Crippen molar-refractivity contribution in [2.75, 3.05) is 25.1 Å². The van der Waals surface area contributed by atoms with Crippen molar-refractivity contribution < 1.29 is 14.3 Å². The molecule has 5 heteroatoms. The lowest BCUT2D eigenvalue weighted by Gasteiger charge is -2.36. The van der Waals surface area contributed by atoms with Crippen molar-refractivity contribution >= 4 is 17.5 Å². The van der Waals surface area contributed by atoms with Crippen LogP contribution in [-0.2, 0) is 9.59 Å². The van der Waals surface area contributed by atoms with Gasteiger partial charge < -0.3 is 14.5 Å². The average molecular weight is 330 g/mol. The predicted octanol–water partition coefficient (Wildman–Crippen LogP) is 2.84. The van der Waals surface area contributed by atoms with E-state index in [4.69, 9.17) is 4.74 Å². The highest BCUT2D eigenvalue weighted by Crippen LogP contribution is 2.30. The molecule has 130 valence electrons. The first kappa shape index (κ1) is 16.8. The van der Waals surface area contributed by atoms with Gasteiger partial charge in [0.25, 0.3) is 0 Å². The number of amides is 2. The largest absolute Gasteiger partial charge is 0.497 e. The van der Waals surface area contributed by atoms with E-state index >= 15 is 0 Å². The van der Waals surface area contributed by atoms with Gasteiger partial charge in [-0.15, -0.1) is 0 Å². The summed E-state index contributed by atoms with van der Waals surface area (Å²) in [6, 6.07) is 7.78. The van der Waals surface area contributed by atoms with Gasteiger partial charge in [-0.3, -0.25) is 9.59 Å². The van der Waals surface area contributed by atoms with E-state index in [1.54, 1.807) is 12.0 Å². The molecule has 2 amide bonds. The molecule has 5 nitrogen and oxygen atoms in total. The van der Waals surface area contributed by atoms with Crippen LogP contribution >= 0.6 is 0 Å². The molecule has 0 radical (unpaired) electrons. The Hall–Kier alpha value is -2.04. The molecule has 3 rings (SSSR count). The van der Waals surface area contributed by atoms with E-state index in [0.29, 0.717) is 19.0 Å². The molecule has 0 aliphatic carbocycles. The van der Waals surface area contributed by atoms with Crippen LogP contribution in [0.1, 0.15) is 39.0 Å². The van der Waals surface area contributed by atoms with Crippen molar-refractivity contribution in [1.29, 1.82) is 0 Å². The van der Waals surface area contributed by atoms with Gasteiger partial charge in [0.05, 0.1) is 13.0 Å². The maximum Gasteiger partial charge on any atom is 0.228 e. The van der Waals surface area contributed by atoms with Gasteiger partial charge in [0.2, 0.25) is 11.8 Å². The minimum absolute atomic E-state index is 0.0311. The maximum atomic E-state index is 12.9. The first-order valence-electron chi connectivity index (χ1n) is 8.89. The quantitative estimate of drug-likeness (QED) is 0.853. The summed E-state index contributed by atoms with van der Waals surface area (Å²) >= 11 is 0. The highest BCUT2D eigenvalue weighted by molar-refractivity contribution is 6.00. The summed E-state index contributed by atoms with van der Waals surface area (Å²) in [5.74, 6) is 0.735. The van der Waals surface area contributed by atoms with Crippen LogP contribution in [0.25, 0.3) is 0 Å². The number of methoxy groups -OCH3 is 1. The molecule has 24 heavy (non-hydrogen) atoms. The van der Waals surface area contributed by atoms with Crippen molar-refractivity contribution in [1.82, 2.24) is 4.90 Å². The van der Waals surface area contributed by atoms with Gasteiger partial charge in [-0.1, -0.05) is 6.92 Å². The molecule has 1 aromatic carbocycles. The van der Waals surface area contributed by atoms with Gasteiger partial charge >= 0.3 is 0 Å². The molecule has 0 N–H and O–H groups in total. The zero-order valence-electron chi connectivity index (χ0n) is 14.5. The second-order valence-corrected chi connectivity index (χ2v) is 6.69. The van der Waals surface area contributed by atoms with E-state index in [9.17, 15) is 9.59 Å². The predicted molar refractivity (Wildman–Crippen MR) is 93.1 cm³/mol. The Labute approximate surface area is 143 Å². The number of carbonyl (C=O) groups excluding carboxylic acids is 2. The van der Waals surface area contributed by atoms with Crippen LogP contribution < -0.4 is 9.64 Å². The molecule has 0 bridgehead atoms. The third-order valence-corrected chi connectivity index (χ3v) is 5.24. The molecular weight excluding hydrogens is 304 g/mol. The molecule has 2 atom stereocenters. The number of piperidine rings is 1. The first-order chi connectivity index (χ1) is 11.6. The second kappa shape index (κ2) is 7.24. The third kappa shape index (κ3) is 3.25. The van der Waals surface area contributed by atoms with Crippen molar-refractivity contribution in [3.8, 4) is 5.75 Å². The lowest BCUT2D eigenvalue weighted by atomic mass is 9.97. The number of anilines is 1. The zero-order valence-corrected chi connectivity index (χ0v) is 14.5. The van der Waals surface area contributed by atoms with Crippen LogP contribution in [0.4, 0.5) is 5.69 Å². The van der Waals surface area contributed by atoms with Crippen molar-refractivity contribution in [3.05, 3.63) is 24.3 Å². The third-order valence-electron chi connectivity index (χ3n) is 5.24. The lowest BCUT2D eigenvalue weighted by Crippen LogP contribution is -2.46. The summed E-state index contributed by atoms with van der Waals surface area (Å²) in [7, 11) is 1.62. The fraction of sp³-hybridized carbons (Fsp3) is 0.579. The van der Waals surface area contributed by atoms with Crippen molar-refractivity contribution in [3.63, 3.8) is 0 Å². The van der Waals surface area contributed by atoms with Crippen molar-refractivity contribution in [2.45, 2.75) is 45.1 Å². The molecule has 0 unspecified atom stereocenters. The molecular formula is C19H26N2O3. The molecule has 2 fully saturated rings. The molecule has 2 heterocycles. The molecule has 2 saturated heterocycles. The van der Waals surface area contributed by atoms with Gasteiger partial charge in [-0.2, -0.15) is 0 Å². The SMILES string of the molecule is CC[C@H]1CCCCN1C(=O)[C@@H]1CC(=O)N(c2ccc(OC)cc2)C1. The van der Waals surface area contributed by atoms with Crippen LogP contribution in [0.15, 0.2) is 24.3 Å². The minimum atomic E-state index is -0.216. The average Bonchev–Trinajstić information content (AvgIpc) is 3.03. The summed E-state index contributed by atoms with van der Waals surface area (Å²) in [6.07, 6.45) is 4.67. The Kier molecular flexibility index (Phi) is 5.07. The van der Waals surface area contributed by atoms with E-state index < -0.39 is 0 Å². The molecule has 2 aliphatic rings. The summed E-state index contributed by atoms with van der Waals surface area (Å²) in [6.45, 7) is 3.46. The summed E-state index contributed by atoms with van der Waals surface area (Å²) in [5, 5.41) is 0. The van der Waals surface area contributed by atoms with Gasteiger partial charge in [-0.25, -0.2) is 0 Å². The van der Waals surface area contributed by atoms with Crippen LogP contribution in [0.2, 0.25) is 0 Å². The lowest BCUT2D eigenvalue weighted by molar-refractivity contribution is -0.139. The monoisotopic (exact) mass is 330 g/mol. The smallest absolute Gasteiger partial charge is 0.228 e. The number of hydrogen-bond donors (Lipinski definition) is 0. The van der Waals surface area contributed by atoms with Crippen LogP contribution in [-0.4, -0.2) is 43.0 Å². The van der Waals surface area contributed by atoms with Gasteiger partial charge in [0.15, 0.2) is 0 Å². The van der Waals surface area contributed by atoms with Gasteiger partial charge in [0.1, 0.15) is 5.75 Å². The van der Waals surface area contributed by atoms with E-state index in [-0.39, 0.29) is 17.7 Å². The normalized spacial score (nSPS) is 24.3. The van der Waals surface area contributed by atoms with Gasteiger partial charge in [-0.05, 0) is 49.9 Å². The number of nitrogens with zero attached hydrogens (tertiary/aromatic N) is 2. The van der Waals surface area contributed by atoms with Gasteiger partial charge in [0, 0.05) is 31.2 Å². The van der Waals surface area contributed by atoms with E-state index in [0.717, 1.165) is 37.2 Å². The Morgan fingerprint density at radius 3 is 2.67 bits per heavy atom. The molecule has 2 aliphatic heterocycles. The number of carbonyl (C=O) groups is 2. The fourth-order valence-electron chi connectivity index (χ4n) is 3.83. The van der Waals surface area contributed by atoms with Crippen LogP contribution in [0.3, 0.4) is 0 Å².